The number of anilines is 1. The Morgan fingerprint density at radius 3 is 2.55 bits per heavy atom. The number of nitrogens with zero attached hydrogens (tertiary/aromatic N) is 2. The Morgan fingerprint density at radius 1 is 1.17 bits per heavy atom. The van der Waals surface area contributed by atoms with Gasteiger partial charge in [-0.2, -0.15) is 0 Å². The van der Waals surface area contributed by atoms with Crippen LogP contribution in [0.2, 0.25) is 5.02 Å². The zero-order chi connectivity index (χ0) is 33.7. The van der Waals surface area contributed by atoms with E-state index >= 15 is 0 Å². The molecule has 3 saturated heterocycles. The summed E-state index contributed by atoms with van der Waals surface area (Å²) in [5, 5.41) is 13.6. The minimum Gasteiger partial charge on any atom is -0.455 e. The predicted octanol–water partition coefficient (Wildman–Crippen LogP) is 4.37. The van der Waals surface area contributed by atoms with Gasteiger partial charge in [0.25, 0.3) is 5.91 Å². The van der Waals surface area contributed by atoms with E-state index in [0.29, 0.717) is 42.0 Å². The molecule has 3 amide bonds. The van der Waals surface area contributed by atoms with Crippen molar-refractivity contribution in [2.75, 3.05) is 24.6 Å². The summed E-state index contributed by atoms with van der Waals surface area (Å²) in [4.78, 5) is 58.6. The molecule has 2 bridgehead atoms. The highest BCUT2D eigenvalue weighted by molar-refractivity contribution is 6.34. The number of aliphatic hydroxyl groups is 1. The lowest BCUT2D eigenvalue weighted by Gasteiger charge is -2.39. The summed E-state index contributed by atoms with van der Waals surface area (Å²) in [7, 11) is 0. The summed E-state index contributed by atoms with van der Waals surface area (Å²) in [5.74, 6) is -3.69. The summed E-state index contributed by atoms with van der Waals surface area (Å²) in [6.07, 6.45) is 3.73. The van der Waals surface area contributed by atoms with E-state index in [1.54, 1.807) is 48.6 Å². The number of aliphatic hydroxyl groups excluding tert-OH is 1. The fourth-order valence-corrected chi connectivity index (χ4v) is 7.58. The van der Waals surface area contributed by atoms with E-state index < -0.39 is 59.5 Å². The Balaban J connectivity index is 1.48. The lowest BCUT2D eigenvalue weighted by Crippen LogP contribution is -2.59. The minimum atomic E-state index is -1.31. The molecule has 3 heterocycles. The molecule has 0 radical (unpaired) electrons. The van der Waals surface area contributed by atoms with Crippen LogP contribution < -0.4 is 10.2 Å². The number of esters is 1. The standard InChI is InChI=1S/C36H42ClN3O7/c1-4-7-17-29(42)38-21-28(23-13-9-8-10-14-23)46-35(45)30-27-18-19-36(47-27)31(30)33(43)40(24(6-3)22-41)32(36)34(44)39(20-5-2)26-16-12-11-15-25(26)37/h4-5,8-16,24,27-28,30-32,41H,1-2,6-7,17-22H2,3H3,(H,38,42)/t24-,27+,28-,30-,31-,32+,36-/m0/s1. The number of carbonyl (C=O) groups excluding carboxylic acids is 4. The van der Waals surface area contributed by atoms with E-state index in [-0.39, 0.29) is 32.0 Å². The van der Waals surface area contributed by atoms with Crippen molar-refractivity contribution in [3.05, 3.63) is 90.5 Å². The largest absolute Gasteiger partial charge is 0.455 e. The average molecular weight is 664 g/mol. The van der Waals surface area contributed by atoms with Crippen LogP contribution in [-0.2, 0) is 28.7 Å². The number of para-hydroxylation sites is 1. The van der Waals surface area contributed by atoms with Crippen LogP contribution in [0.5, 0.6) is 0 Å². The Morgan fingerprint density at radius 2 is 1.89 bits per heavy atom. The molecule has 11 heteroatoms. The van der Waals surface area contributed by atoms with Gasteiger partial charge < -0.3 is 29.7 Å². The first kappa shape index (κ1) is 34.3. The van der Waals surface area contributed by atoms with Gasteiger partial charge in [-0.15, -0.1) is 13.2 Å². The van der Waals surface area contributed by atoms with Crippen LogP contribution in [0.4, 0.5) is 5.69 Å². The predicted molar refractivity (Wildman–Crippen MR) is 177 cm³/mol. The van der Waals surface area contributed by atoms with E-state index in [0.717, 1.165) is 0 Å². The molecule has 5 rings (SSSR count). The highest BCUT2D eigenvalue weighted by Gasteiger charge is 2.75. The van der Waals surface area contributed by atoms with E-state index in [1.165, 1.54) is 9.80 Å². The average Bonchev–Trinajstić information content (AvgIpc) is 3.73. The molecule has 10 nitrogen and oxygen atoms in total. The van der Waals surface area contributed by atoms with Gasteiger partial charge >= 0.3 is 5.97 Å². The van der Waals surface area contributed by atoms with Crippen molar-refractivity contribution in [1.82, 2.24) is 10.2 Å². The summed E-state index contributed by atoms with van der Waals surface area (Å²) in [6.45, 7) is 9.09. The van der Waals surface area contributed by atoms with Gasteiger partial charge in [0.15, 0.2) is 0 Å². The van der Waals surface area contributed by atoms with Crippen LogP contribution in [0.3, 0.4) is 0 Å². The van der Waals surface area contributed by atoms with Gasteiger partial charge in [0.2, 0.25) is 11.8 Å². The number of halogens is 1. The summed E-state index contributed by atoms with van der Waals surface area (Å²) < 4.78 is 12.7. The van der Waals surface area contributed by atoms with Crippen LogP contribution in [0, 0.1) is 11.8 Å². The molecule has 0 unspecified atom stereocenters. The van der Waals surface area contributed by atoms with Crippen LogP contribution in [0.15, 0.2) is 79.9 Å². The smallest absolute Gasteiger partial charge is 0.313 e. The topological polar surface area (TPSA) is 125 Å². The number of rotatable bonds is 15. The molecule has 0 aromatic heterocycles. The number of benzene rings is 2. The fraction of sp³-hybridized carbons (Fsp3) is 0.444. The van der Waals surface area contributed by atoms with Gasteiger partial charge in [-0.1, -0.05) is 73.1 Å². The molecule has 2 N–H and O–H groups in total. The number of hydrogen-bond donors (Lipinski definition) is 2. The normalized spacial score (nSPS) is 25.5. The fourth-order valence-electron chi connectivity index (χ4n) is 7.34. The van der Waals surface area contributed by atoms with Crippen molar-refractivity contribution in [3.8, 4) is 0 Å². The molecule has 3 aliphatic heterocycles. The number of ether oxygens (including phenoxy) is 2. The minimum absolute atomic E-state index is 0.0394. The number of carbonyl (C=O) groups is 4. The summed E-state index contributed by atoms with van der Waals surface area (Å²) in [5.41, 5.74) is -0.178. The maximum absolute atomic E-state index is 14.7. The SMILES string of the molecule is C=CCCC(=O)NC[C@H](OC(=O)[C@@H]1[C@H]2C(=O)N([C@@H](CC)CO)[C@H](C(=O)N(CC=C)c3ccccc3Cl)[C@]23CC[C@H]1O3)c1ccccc1. The third kappa shape index (κ3) is 6.46. The van der Waals surface area contributed by atoms with E-state index in [2.05, 4.69) is 18.5 Å². The quantitative estimate of drug-likeness (QED) is 0.214. The van der Waals surface area contributed by atoms with E-state index in [1.807, 2.05) is 25.1 Å². The van der Waals surface area contributed by atoms with Crippen LogP contribution in [-0.4, -0.2) is 77.2 Å². The molecule has 7 atom stereocenters. The molecule has 2 aromatic rings. The van der Waals surface area contributed by atoms with Gasteiger partial charge in [-0.05, 0) is 43.4 Å². The van der Waals surface area contributed by atoms with Crippen molar-refractivity contribution < 1.29 is 33.8 Å². The van der Waals surface area contributed by atoms with Crippen molar-refractivity contribution >= 4 is 41.0 Å². The first-order valence-electron chi connectivity index (χ1n) is 16.1. The highest BCUT2D eigenvalue weighted by Crippen LogP contribution is 2.59. The van der Waals surface area contributed by atoms with Crippen LogP contribution >= 0.6 is 11.6 Å². The molecular formula is C36H42ClN3O7. The molecule has 0 aliphatic carbocycles. The van der Waals surface area contributed by atoms with Crippen molar-refractivity contribution in [2.45, 2.75) is 68.9 Å². The molecule has 3 aliphatic rings. The Bertz CT molecular complexity index is 1500. The summed E-state index contributed by atoms with van der Waals surface area (Å²) >= 11 is 6.54. The maximum atomic E-state index is 14.7. The zero-order valence-electron chi connectivity index (χ0n) is 26.6. The van der Waals surface area contributed by atoms with Crippen LogP contribution in [0.1, 0.15) is 50.7 Å². The number of hydrogen-bond acceptors (Lipinski definition) is 7. The molecule has 3 fully saturated rings. The summed E-state index contributed by atoms with van der Waals surface area (Å²) in [6, 6.07) is 14.2. The van der Waals surface area contributed by atoms with Crippen LogP contribution in [0.25, 0.3) is 0 Å². The monoisotopic (exact) mass is 663 g/mol. The van der Waals surface area contributed by atoms with Gasteiger partial charge in [0, 0.05) is 13.0 Å². The van der Waals surface area contributed by atoms with Gasteiger partial charge in [-0.25, -0.2) is 0 Å². The second-order valence-electron chi connectivity index (χ2n) is 12.2. The Kier molecular flexibility index (Phi) is 10.8. The van der Waals surface area contributed by atoms with E-state index in [9.17, 15) is 24.3 Å². The third-order valence-electron chi connectivity index (χ3n) is 9.53. The lowest BCUT2D eigenvalue weighted by molar-refractivity contribution is -0.161. The van der Waals surface area contributed by atoms with Crippen molar-refractivity contribution in [3.63, 3.8) is 0 Å². The molecule has 250 valence electrons. The lowest BCUT2D eigenvalue weighted by atomic mass is 9.70. The molecule has 1 spiro atoms. The Labute approximate surface area is 280 Å². The number of fused-ring (bicyclic) bond motifs is 1. The number of allylic oxidation sites excluding steroid dienone is 1. The third-order valence-corrected chi connectivity index (χ3v) is 9.85. The number of nitrogens with one attached hydrogen (secondary N) is 1. The number of likely N-dealkylation sites (tertiary alicyclic amines) is 1. The second kappa shape index (κ2) is 14.8. The molecular weight excluding hydrogens is 622 g/mol. The zero-order valence-corrected chi connectivity index (χ0v) is 27.3. The maximum Gasteiger partial charge on any atom is 0.313 e. The van der Waals surface area contributed by atoms with Gasteiger partial charge in [-0.3, -0.25) is 19.2 Å². The first-order chi connectivity index (χ1) is 22.7. The Hall–Kier alpha value is -3.99. The van der Waals surface area contributed by atoms with E-state index in [4.69, 9.17) is 21.1 Å². The van der Waals surface area contributed by atoms with Gasteiger partial charge in [0.05, 0.1) is 47.8 Å². The molecule has 0 saturated carbocycles. The van der Waals surface area contributed by atoms with Gasteiger partial charge in [0.1, 0.15) is 17.7 Å². The molecule has 47 heavy (non-hydrogen) atoms. The second-order valence-corrected chi connectivity index (χ2v) is 12.6. The molecule has 2 aromatic carbocycles. The highest BCUT2D eigenvalue weighted by atomic mass is 35.5. The van der Waals surface area contributed by atoms with Crippen molar-refractivity contribution in [2.24, 2.45) is 11.8 Å². The van der Waals surface area contributed by atoms with Crippen molar-refractivity contribution in [1.29, 1.82) is 0 Å². The first-order valence-corrected chi connectivity index (χ1v) is 16.5. The number of amides is 3.